The highest BCUT2D eigenvalue weighted by atomic mass is 16.5. The summed E-state index contributed by atoms with van der Waals surface area (Å²) in [5.41, 5.74) is 1.11. The molecule has 1 unspecified atom stereocenters. The average molecular weight is 577 g/mol. The normalized spacial score (nSPS) is 20.3. The molecular formula is C30H36N6O6. The second-order valence-electron chi connectivity index (χ2n) is 10.8. The van der Waals surface area contributed by atoms with Crippen molar-refractivity contribution >= 4 is 35.4 Å². The lowest BCUT2D eigenvalue weighted by Crippen LogP contribution is -2.59. The molecule has 3 fully saturated rings. The molecule has 3 saturated heterocycles. The summed E-state index contributed by atoms with van der Waals surface area (Å²) >= 11 is 0. The SMILES string of the molecule is COC(=O)C(CNC(=O)N1CCC2(CC1)C(=O)NCN2c1ccccc1)NC(=O)[C@@H]1CCC(=O)N1Cc1ccccc1. The molecule has 5 amide bonds. The van der Waals surface area contributed by atoms with E-state index in [-0.39, 0.29) is 31.3 Å². The Kier molecular flexibility index (Phi) is 8.60. The van der Waals surface area contributed by atoms with Gasteiger partial charge in [0.05, 0.1) is 20.3 Å². The summed E-state index contributed by atoms with van der Waals surface area (Å²) in [6, 6.07) is 16.8. The first-order valence-electron chi connectivity index (χ1n) is 14.2. The van der Waals surface area contributed by atoms with Crippen molar-refractivity contribution < 1.29 is 28.7 Å². The van der Waals surface area contributed by atoms with Gasteiger partial charge in [-0.25, -0.2) is 9.59 Å². The maximum Gasteiger partial charge on any atom is 0.330 e. The minimum atomic E-state index is -1.13. The highest BCUT2D eigenvalue weighted by Gasteiger charge is 2.51. The number of benzene rings is 2. The van der Waals surface area contributed by atoms with Gasteiger partial charge in [-0.1, -0.05) is 48.5 Å². The number of ether oxygens (including phenoxy) is 1. The van der Waals surface area contributed by atoms with Crippen molar-refractivity contribution in [2.24, 2.45) is 0 Å². The summed E-state index contributed by atoms with van der Waals surface area (Å²) in [6.07, 6.45) is 1.47. The topological polar surface area (TPSA) is 140 Å². The number of urea groups is 1. The van der Waals surface area contributed by atoms with Gasteiger partial charge in [-0.05, 0) is 37.0 Å². The van der Waals surface area contributed by atoms with Crippen LogP contribution in [0.3, 0.4) is 0 Å². The fraction of sp³-hybridized carbons (Fsp3) is 0.433. The van der Waals surface area contributed by atoms with Crippen molar-refractivity contribution in [3.63, 3.8) is 0 Å². The molecule has 3 aliphatic heterocycles. The van der Waals surface area contributed by atoms with E-state index in [1.54, 1.807) is 4.90 Å². The number of nitrogens with one attached hydrogen (secondary N) is 3. The quantitative estimate of drug-likeness (QED) is 0.398. The number of carbonyl (C=O) groups is 5. The largest absolute Gasteiger partial charge is 0.467 e. The number of nitrogens with zero attached hydrogens (tertiary/aromatic N) is 3. The molecule has 0 saturated carbocycles. The van der Waals surface area contributed by atoms with Gasteiger partial charge in [-0.3, -0.25) is 14.4 Å². The monoisotopic (exact) mass is 576 g/mol. The Bertz CT molecular complexity index is 1310. The molecule has 1 spiro atoms. The number of carbonyl (C=O) groups excluding carboxylic acids is 5. The van der Waals surface area contributed by atoms with Crippen molar-refractivity contribution in [2.75, 3.05) is 38.3 Å². The molecule has 42 heavy (non-hydrogen) atoms. The fourth-order valence-electron chi connectivity index (χ4n) is 6.00. The first kappa shape index (κ1) is 28.9. The van der Waals surface area contributed by atoms with Gasteiger partial charge in [0.15, 0.2) is 0 Å². The minimum absolute atomic E-state index is 0.0495. The minimum Gasteiger partial charge on any atom is -0.467 e. The number of methoxy groups -OCH3 is 1. The lowest BCUT2D eigenvalue weighted by molar-refractivity contribution is -0.145. The van der Waals surface area contributed by atoms with Gasteiger partial charge in [0.1, 0.15) is 17.6 Å². The number of hydrogen-bond donors (Lipinski definition) is 3. The van der Waals surface area contributed by atoms with Gasteiger partial charge in [0, 0.05) is 31.7 Å². The molecule has 3 N–H and O–H groups in total. The zero-order valence-electron chi connectivity index (χ0n) is 23.6. The third-order valence-electron chi connectivity index (χ3n) is 8.37. The van der Waals surface area contributed by atoms with E-state index in [4.69, 9.17) is 4.74 Å². The van der Waals surface area contributed by atoms with Crippen molar-refractivity contribution in [3.05, 3.63) is 66.2 Å². The van der Waals surface area contributed by atoms with Crippen LogP contribution in [0, 0.1) is 0 Å². The molecule has 0 aliphatic carbocycles. The van der Waals surface area contributed by atoms with E-state index < -0.39 is 35.5 Å². The van der Waals surface area contributed by atoms with Crippen LogP contribution in [0.4, 0.5) is 10.5 Å². The maximum absolute atomic E-state index is 13.2. The van der Waals surface area contributed by atoms with E-state index >= 15 is 0 Å². The van der Waals surface area contributed by atoms with Gasteiger partial charge in [0.2, 0.25) is 17.7 Å². The predicted octanol–water partition coefficient (Wildman–Crippen LogP) is 0.974. The molecule has 3 heterocycles. The molecule has 0 aromatic heterocycles. The van der Waals surface area contributed by atoms with Crippen LogP contribution < -0.4 is 20.9 Å². The number of piperidine rings is 1. The van der Waals surface area contributed by atoms with Gasteiger partial charge in [-0.2, -0.15) is 0 Å². The summed E-state index contributed by atoms with van der Waals surface area (Å²) in [5, 5.41) is 8.35. The van der Waals surface area contributed by atoms with Crippen LogP contribution in [0.15, 0.2) is 60.7 Å². The first-order chi connectivity index (χ1) is 20.3. The zero-order chi connectivity index (χ0) is 29.7. The van der Waals surface area contributed by atoms with E-state index in [0.717, 1.165) is 11.3 Å². The Morgan fingerprint density at radius 2 is 1.69 bits per heavy atom. The Hall–Kier alpha value is -4.61. The number of hydrogen-bond acceptors (Lipinski definition) is 7. The highest BCUT2D eigenvalue weighted by molar-refractivity contribution is 5.94. The Labute approximate surface area is 244 Å². The third-order valence-corrected chi connectivity index (χ3v) is 8.37. The molecule has 222 valence electrons. The van der Waals surface area contributed by atoms with Crippen LogP contribution in [-0.2, 0) is 30.5 Å². The zero-order valence-corrected chi connectivity index (χ0v) is 23.6. The Morgan fingerprint density at radius 1 is 1.02 bits per heavy atom. The number of esters is 1. The first-order valence-corrected chi connectivity index (χ1v) is 14.2. The molecule has 0 bridgehead atoms. The number of likely N-dealkylation sites (tertiary alicyclic amines) is 2. The molecule has 3 aliphatic rings. The molecule has 2 aromatic carbocycles. The number of rotatable bonds is 8. The lowest BCUT2D eigenvalue weighted by atomic mass is 9.85. The van der Waals surface area contributed by atoms with Crippen molar-refractivity contribution in [2.45, 2.75) is 49.9 Å². The molecule has 2 atom stereocenters. The third kappa shape index (κ3) is 5.88. The van der Waals surface area contributed by atoms with Crippen molar-refractivity contribution in [1.29, 1.82) is 0 Å². The highest BCUT2D eigenvalue weighted by Crippen LogP contribution is 2.36. The molecule has 12 nitrogen and oxygen atoms in total. The van der Waals surface area contributed by atoms with Crippen LogP contribution in [0.2, 0.25) is 0 Å². The molecule has 12 heteroatoms. The maximum atomic E-state index is 13.2. The summed E-state index contributed by atoms with van der Waals surface area (Å²) in [4.78, 5) is 69.4. The standard InChI is InChI=1S/C30H36N6O6/c1-42-27(39)23(33-26(38)24-12-13-25(37)35(24)19-21-8-4-2-5-9-21)18-31-29(41)34-16-14-30(15-17-34)28(40)32-20-36(30)22-10-6-3-7-11-22/h2-11,23-24H,12-20H2,1H3,(H,31,41)(H,32,40)(H,33,38)/t23?,24-/m0/s1. The van der Waals surface area contributed by atoms with Crippen LogP contribution >= 0.6 is 0 Å². The van der Waals surface area contributed by atoms with E-state index in [9.17, 15) is 24.0 Å². The second-order valence-corrected chi connectivity index (χ2v) is 10.8. The Balaban J connectivity index is 1.17. The summed E-state index contributed by atoms with van der Waals surface area (Å²) in [7, 11) is 1.21. The summed E-state index contributed by atoms with van der Waals surface area (Å²) in [5.74, 6) is -1.37. The number of para-hydroxylation sites is 1. The molecule has 0 radical (unpaired) electrons. The predicted molar refractivity (Wildman–Crippen MR) is 153 cm³/mol. The van der Waals surface area contributed by atoms with E-state index in [1.165, 1.54) is 12.0 Å². The van der Waals surface area contributed by atoms with Gasteiger partial charge < -0.3 is 35.4 Å². The fourth-order valence-corrected chi connectivity index (χ4v) is 6.00. The van der Waals surface area contributed by atoms with Gasteiger partial charge in [-0.15, -0.1) is 0 Å². The molecular weight excluding hydrogens is 540 g/mol. The van der Waals surface area contributed by atoms with Crippen LogP contribution in [0.1, 0.15) is 31.2 Å². The summed E-state index contributed by atoms with van der Waals surface area (Å²) in [6.45, 7) is 1.19. The number of amides is 5. The van der Waals surface area contributed by atoms with E-state index in [1.807, 2.05) is 60.7 Å². The van der Waals surface area contributed by atoms with E-state index in [0.29, 0.717) is 39.0 Å². The van der Waals surface area contributed by atoms with Crippen molar-refractivity contribution in [3.8, 4) is 0 Å². The average Bonchev–Trinajstić information content (AvgIpc) is 3.54. The Morgan fingerprint density at radius 3 is 2.36 bits per heavy atom. The van der Waals surface area contributed by atoms with Crippen LogP contribution in [0.25, 0.3) is 0 Å². The second kappa shape index (κ2) is 12.5. The van der Waals surface area contributed by atoms with E-state index in [2.05, 4.69) is 20.9 Å². The lowest BCUT2D eigenvalue weighted by Gasteiger charge is -2.43. The molecule has 2 aromatic rings. The number of anilines is 1. The van der Waals surface area contributed by atoms with Gasteiger partial charge in [0.25, 0.3) is 0 Å². The summed E-state index contributed by atoms with van der Waals surface area (Å²) < 4.78 is 4.88. The van der Waals surface area contributed by atoms with Crippen LogP contribution in [0.5, 0.6) is 0 Å². The smallest absolute Gasteiger partial charge is 0.330 e. The van der Waals surface area contributed by atoms with Crippen molar-refractivity contribution in [1.82, 2.24) is 25.8 Å². The van der Waals surface area contributed by atoms with Gasteiger partial charge >= 0.3 is 12.0 Å². The molecule has 5 rings (SSSR count). The van der Waals surface area contributed by atoms with Crippen LogP contribution in [-0.4, -0.2) is 90.6 Å².